The van der Waals surface area contributed by atoms with Gasteiger partial charge in [-0.05, 0) is 63.6 Å². The number of carboxylic acids is 1. The van der Waals surface area contributed by atoms with Gasteiger partial charge in [-0.25, -0.2) is 15.2 Å². The highest BCUT2D eigenvalue weighted by atomic mass is 16.6. The Morgan fingerprint density at radius 2 is 1.83 bits per heavy atom. The molecule has 1 fully saturated rings. The van der Waals surface area contributed by atoms with Crippen molar-refractivity contribution in [2.75, 3.05) is 0 Å². The Morgan fingerprint density at radius 1 is 1.14 bits per heavy atom. The zero-order chi connectivity index (χ0) is 26.0. The summed E-state index contributed by atoms with van der Waals surface area (Å²) in [6.07, 6.45) is 2.02. The van der Waals surface area contributed by atoms with E-state index in [-0.39, 0.29) is 12.0 Å². The number of carbonyl (C=O) groups is 2. The van der Waals surface area contributed by atoms with E-state index < -0.39 is 29.9 Å². The van der Waals surface area contributed by atoms with E-state index in [0.29, 0.717) is 12.8 Å². The van der Waals surface area contributed by atoms with Gasteiger partial charge in [0.1, 0.15) is 11.6 Å². The number of hydrogen-bond acceptors (Lipinski definition) is 5. The number of benzene rings is 2. The lowest BCUT2D eigenvalue weighted by atomic mass is 9.95. The summed E-state index contributed by atoms with van der Waals surface area (Å²) in [5.41, 5.74) is 7.07. The molecule has 36 heavy (non-hydrogen) atoms. The van der Waals surface area contributed by atoms with Crippen LogP contribution in [0.5, 0.6) is 0 Å². The van der Waals surface area contributed by atoms with Gasteiger partial charge < -0.3 is 20.1 Å². The number of aliphatic carboxylic acids is 1. The number of ether oxygens (including phenoxy) is 1. The molecule has 1 aromatic heterocycles. The molecular formula is C28H36N4O4. The maximum absolute atomic E-state index is 12.6. The van der Waals surface area contributed by atoms with Crippen LogP contribution in [-0.4, -0.2) is 51.0 Å². The van der Waals surface area contributed by atoms with E-state index in [1.54, 1.807) is 5.01 Å². The SMILES string of the molecule is Cc1ccc(C(C)CC(NC(=O)OC(C)(C)C)NN2[C@H](Cc3c[nH]c4ccccc34)[C@@H]2C(=O)O)cc1. The summed E-state index contributed by atoms with van der Waals surface area (Å²) in [5.74, 6) is -0.775. The minimum absolute atomic E-state index is 0.119. The van der Waals surface area contributed by atoms with Gasteiger partial charge in [-0.3, -0.25) is 4.79 Å². The standard InChI is InChI=1S/C28H36N4O4/c1-17-10-12-19(13-11-17)18(2)14-24(30-27(35)36-28(3,4)5)31-32-23(25(32)26(33)34)15-20-16-29-22-9-7-6-8-21(20)22/h6-13,16,18,23-25,29,31H,14-15H2,1-5H3,(H,30,35)(H,33,34)/t18?,23-,24?,25-,32?/m1/s1. The summed E-state index contributed by atoms with van der Waals surface area (Å²) in [5, 5.41) is 15.6. The van der Waals surface area contributed by atoms with Crippen molar-refractivity contribution in [3.05, 3.63) is 71.4 Å². The Balaban J connectivity index is 1.50. The molecule has 3 unspecified atom stereocenters. The molecule has 8 nitrogen and oxygen atoms in total. The smallest absolute Gasteiger partial charge is 0.408 e. The second kappa shape index (κ2) is 10.3. The Labute approximate surface area is 212 Å². The fourth-order valence-electron chi connectivity index (χ4n) is 4.63. The third-order valence-electron chi connectivity index (χ3n) is 6.52. The fourth-order valence-corrected chi connectivity index (χ4v) is 4.63. The minimum atomic E-state index is -0.894. The van der Waals surface area contributed by atoms with Crippen molar-refractivity contribution in [3.63, 3.8) is 0 Å². The number of amides is 1. The van der Waals surface area contributed by atoms with Gasteiger partial charge in [0.2, 0.25) is 0 Å². The Hall–Kier alpha value is -3.36. The molecule has 8 heteroatoms. The topological polar surface area (TPSA) is 106 Å². The number of aromatic nitrogens is 1. The van der Waals surface area contributed by atoms with Crippen molar-refractivity contribution in [2.24, 2.45) is 0 Å². The van der Waals surface area contributed by atoms with E-state index in [9.17, 15) is 14.7 Å². The molecule has 5 atom stereocenters. The first kappa shape index (κ1) is 25.7. The molecule has 1 amide bonds. The van der Waals surface area contributed by atoms with Crippen LogP contribution < -0.4 is 10.7 Å². The second-order valence-corrected chi connectivity index (χ2v) is 10.7. The van der Waals surface area contributed by atoms with E-state index in [1.165, 1.54) is 5.56 Å². The maximum atomic E-state index is 12.6. The van der Waals surface area contributed by atoms with Gasteiger partial charge >= 0.3 is 12.1 Å². The number of nitrogens with one attached hydrogen (secondary N) is 3. The summed E-state index contributed by atoms with van der Waals surface area (Å²) in [7, 11) is 0. The van der Waals surface area contributed by atoms with Gasteiger partial charge in [-0.1, -0.05) is 55.0 Å². The number of carbonyl (C=O) groups excluding carboxylic acids is 1. The van der Waals surface area contributed by atoms with Crippen LogP contribution in [0.4, 0.5) is 4.79 Å². The molecule has 0 bridgehead atoms. The molecule has 0 spiro atoms. The molecule has 2 heterocycles. The van der Waals surface area contributed by atoms with Crippen molar-refractivity contribution in [3.8, 4) is 0 Å². The van der Waals surface area contributed by atoms with Crippen molar-refractivity contribution >= 4 is 23.0 Å². The van der Waals surface area contributed by atoms with Gasteiger partial charge in [0, 0.05) is 17.1 Å². The number of aryl methyl sites for hydroxylation is 1. The summed E-state index contributed by atoms with van der Waals surface area (Å²) in [6.45, 7) is 9.57. The van der Waals surface area contributed by atoms with Gasteiger partial charge in [0.25, 0.3) is 0 Å². The predicted molar refractivity (Wildman–Crippen MR) is 140 cm³/mol. The average molecular weight is 493 g/mol. The van der Waals surface area contributed by atoms with Gasteiger partial charge in [0.15, 0.2) is 0 Å². The highest BCUT2D eigenvalue weighted by Crippen LogP contribution is 2.32. The second-order valence-electron chi connectivity index (χ2n) is 10.7. The molecule has 1 aliphatic rings. The van der Waals surface area contributed by atoms with Gasteiger partial charge in [-0.15, -0.1) is 0 Å². The van der Waals surface area contributed by atoms with Crippen LogP contribution in [0.3, 0.4) is 0 Å². The number of carboxylic acid groups (broad SMARTS) is 1. The summed E-state index contributed by atoms with van der Waals surface area (Å²) in [4.78, 5) is 27.9. The van der Waals surface area contributed by atoms with Crippen LogP contribution in [0.25, 0.3) is 10.9 Å². The molecule has 4 N–H and O–H groups in total. The summed E-state index contributed by atoms with van der Waals surface area (Å²) >= 11 is 0. The first-order chi connectivity index (χ1) is 17.0. The number of fused-ring (bicyclic) bond motifs is 1. The van der Waals surface area contributed by atoms with Crippen LogP contribution in [-0.2, 0) is 16.0 Å². The number of para-hydroxylation sites is 1. The van der Waals surface area contributed by atoms with Crippen LogP contribution >= 0.6 is 0 Å². The predicted octanol–water partition coefficient (Wildman–Crippen LogP) is 4.71. The van der Waals surface area contributed by atoms with E-state index in [4.69, 9.17) is 4.74 Å². The first-order valence-electron chi connectivity index (χ1n) is 12.4. The van der Waals surface area contributed by atoms with Crippen LogP contribution in [0.1, 0.15) is 56.7 Å². The molecule has 0 radical (unpaired) electrons. The molecule has 2 aromatic carbocycles. The third-order valence-corrected chi connectivity index (χ3v) is 6.52. The number of nitrogens with zero attached hydrogens (tertiary/aromatic N) is 1. The molecule has 3 aromatic rings. The number of alkyl carbamates (subject to hydrolysis) is 1. The van der Waals surface area contributed by atoms with Crippen LogP contribution in [0, 0.1) is 6.92 Å². The summed E-state index contributed by atoms with van der Waals surface area (Å²) in [6, 6.07) is 15.4. The number of hydrazine groups is 1. The number of hydrogen-bond donors (Lipinski definition) is 4. The molecule has 0 saturated carbocycles. The van der Waals surface area contributed by atoms with Gasteiger partial charge in [0.05, 0.1) is 12.2 Å². The highest BCUT2D eigenvalue weighted by Gasteiger charge is 2.54. The molecule has 192 valence electrons. The lowest BCUT2D eigenvalue weighted by Gasteiger charge is -2.27. The third kappa shape index (κ3) is 6.25. The Morgan fingerprint density at radius 3 is 2.50 bits per heavy atom. The quantitative estimate of drug-likeness (QED) is 0.255. The van der Waals surface area contributed by atoms with Crippen molar-refractivity contribution in [2.45, 2.75) is 77.2 Å². The lowest BCUT2D eigenvalue weighted by Crippen LogP contribution is -2.50. The first-order valence-corrected chi connectivity index (χ1v) is 12.4. The molecular weight excluding hydrogens is 456 g/mol. The highest BCUT2D eigenvalue weighted by molar-refractivity contribution is 5.84. The van der Waals surface area contributed by atoms with Crippen molar-refractivity contribution in [1.29, 1.82) is 0 Å². The zero-order valence-corrected chi connectivity index (χ0v) is 21.5. The van der Waals surface area contributed by atoms with Crippen molar-refractivity contribution in [1.82, 2.24) is 20.7 Å². The zero-order valence-electron chi connectivity index (χ0n) is 21.5. The largest absolute Gasteiger partial charge is 0.480 e. The fraction of sp³-hybridized carbons (Fsp3) is 0.429. The van der Waals surface area contributed by atoms with E-state index in [2.05, 4.69) is 46.9 Å². The average Bonchev–Trinajstić information content (AvgIpc) is 3.30. The van der Waals surface area contributed by atoms with Crippen molar-refractivity contribution < 1.29 is 19.4 Å². The number of aromatic amines is 1. The van der Waals surface area contributed by atoms with Crippen LogP contribution in [0.2, 0.25) is 0 Å². The van der Waals surface area contributed by atoms with Gasteiger partial charge in [-0.2, -0.15) is 0 Å². The Bertz CT molecular complexity index is 1210. The minimum Gasteiger partial charge on any atom is -0.480 e. The molecule has 1 saturated heterocycles. The Kier molecular flexibility index (Phi) is 7.38. The number of rotatable bonds is 9. The summed E-state index contributed by atoms with van der Waals surface area (Å²) < 4.78 is 5.48. The normalized spacial score (nSPS) is 21.1. The number of H-pyrrole nitrogens is 1. The van der Waals surface area contributed by atoms with E-state index in [0.717, 1.165) is 22.0 Å². The lowest BCUT2D eigenvalue weighted by molar-refractivity contribution is -0.137. The monoisotopic (exact) mass is 492 g/mol. The molecule has 4 rings (SSSR count). The van der Waals surface area contributed by atoms with E-state index >= 15 is 0 Å². The maximum Gasteiger partial charge on any atom is 0.408 e. The van der Waals surface area contributed by atoms with Crippen LogP contribution in [0.15, 0.2) is 54.7 Å². The molecule has 0 aliphatic carbocycles. The van der Waals surface area contributed by atoms with E-state index in [1.807, 2.05) is 58.2 Å². The molecule has 1 aliphatic heterocycles.